The summed E-state index contributed by atoms with van der Waals surface area (Å²) in [5.74, 6) is 0. The van der Waals surface area contributed by atoms with Crippen LogP contribution in [0.3, 0.4) is 0 Å². The molecular formula is C14H13ClN2O3. The second kappa shape index (κ2) is 3.54. The highest BCUT2D eigenvalue weighted by Crippen LogP contribution is 2.62. The van der Waals surface area contributed by atoms with E-state index in [9.17, 15) is 10.1 Å². The Balaban J connectivity index is 2.00. The molecule has 3 aliphatic heterocycles. The lowest BCUT2D eigenvalue weighted by Gasteiger charge is -2.45. The molecule has 3 heterocycles. The van der Waals surface area contributed by atoms with E-state index in [0.29, 0.717) is 5.02 Å². The van der Waals surface area contributed by atoms with E-state index in [0.717, 1.165) is 24.2 Å². The number of halogens is 1. The Labute approximate surface area is 120 Å². The van der Waals surface area contributed by atoms with Crippen LogP contribution in [0.15, 0.2) is 24.3 Å². The predicted molar refractivity (Wildman–Crippen MR) is 75.0 cm³/mol. The van der Waals surface area contributed by atoms with Crippen LogP contribution in [-0.4, -0.2) is 17.6 Å². The van der Waals surface area contributed by atoms with E-state index in [2.05, 4.69) is 12.2 Å². The Kier molecular flexibility index (Phi) is 2.15. The van der Waals surface area contributed by atoms with Crippen LogP contribution in [0.4, 0.5) is 11.4 Å². The molecule has 1 N–H and O–H groups in total. The van der Waals surface area contributed by atoms with Crippen molar-refractivity contribution in [3.8, 4) is 0 Å². The molecule has 104 valence electrons. The van der Waals surface area contributed by atoms with Gasteiger partial charge in [0.15, 0.2) is 0 Å². The molecule has 4 rings (SSSR count). The van der Waals surface area contributed by atoms with Crippen LogP contribution in [-0.2, 0) is 10.3 Å². The molecule has 0 radical (unpaired) electrons. The zero-order valence-corrected chi connectivity index (χ0v) is 11.6. The van der Waals surface area contributed by atoms with Crippen molar-refractivity contribution in [2.75, 3.05) is 11.9 Å². The first-order valence-corrected chi connectivity index (χ1v) is 6.92. The summed E-state index contributed by atoms with van der Waals surface area (Å²) >= 11 is 6.21. The topological polar surface area (TPSA) is 64.4 Å². The molecule has 1 aromatic rings. The molecule has 1 aromatic carbocycles. The highest BCUT2D eigenvalue weighted by molar-refractivity contribution is 6.33. The van der Waals surface area contributed by atoms with Gasteiger partial charge >= 0.3 is 0 Å². The third-order valence-electron chi connectivity index (χ3n) is 4.77. The lowest BCUT2D eigenvalue weighted by molar-refractivity contribution is -0.385. The first kappa shape index (κ1) is 12.2. The van der Waals surface area contributed by atoms with Gasteiger partial charge in [-0.3, -0.25) is 10.1 Å². The Bertz CT molecular complexity index is 675. The van der Waals surface area contributed by atoms with Gasteiger partial charge in [0.2, 0.25) is 0 Å². The van der Waals surface area contributed by atoms with Crippen molar-refractivity contribution < 1.29 is 9.66 Å². The van der Waals surface area contributed by atoms with Crippen molar-refractivity contribution in [1.29, 1.82) is 0 Å². The molecule has 3 atom stereocenters. The van der Waals surface area contributed by atoms with E-state index in [4.69, 9.17) is 16.3 Å². The molecule has 1 spiro atoms. The molecule has 0 aromatic heterocycles. The van der Waals surface area contributed by atoms with Crippen LogP contribution in [0.2, 0.25) is 5.02 Å². The minimum Gasteiger partial charge on any atom is -0.383 e. The molecule has 20 heavy (non-hydrogen) atoms. The van der Waals surface area contributed by atoms with E-state index in [1.54, 1.807) is 6.07 Å². The molecule has 1 fully saturated rings. The van der Waals surface area contributed by atoms with E-state index < -0.39 is 10.5 Å². The van der Waals surface area contributed by atoms with Gasteiger partial charge < -0.3 is 10.1 Å². The number of benzene rings is 1. The molecule has 0 aliphatic carbocycles. The number of non-ortho nitro benzene ring substituents is 1. The number of nitro benzene ring substituents is 1. The SMILES string of the molecule is C[C@@]12CNc3c(Cl)cc([N+](=O)[O-])cc3[C@@]13C=C[C@@H](C2)O3. The fraction of sp³-hybridized carbons (Fsp3) is 0.429. The van der Waals surface area contributed by atoms with Gasteiger partial charge in [-0.2, -0.15) is 0 Å². The number of rotatable bonds is 1. The predicted octanol–water partition coefficient (Wildman–Crippen LogP) is 3.23. The van der Waals surface area contributed by atoms with Crippen LogP contribution < -0.4 is 5.32 Å². The number of nitrogens with zero attached hydrogens (tertiary/aromatic N) is 1. The van der Waals surface area contributed by atoms with E-state index in [-0.39, 0.29) is 17.2 Å². The summed E-state index contributed by atoms with van der Waals surface area (Å²) < 4.78 is 6.15. The van der Waals surface area contributed by atoms with Crippen LogP contribution in [0.25, 0.3) is 0 Å². The quantitative estimate of drug-likeness (QED) is 0.490. The lowest BCUT2D eigenvalue weighted by atomic mass is 9.64. The molecule has 6 heteroatoms. The zero-order chi connectivity index (χ0) is 14.1. The standard InChI is InChI=1S/C14H13ClN2O3/c1-13-6-9-2-3-14(13,20-9)10-4-8(17(18)19)5-11(15)12(10)16-7-13/h2-5,9,16H,6-7H2,1H3/t9-,13+,14-/m0/s1. The van der Waals surface area contributed by atoms with Crippen LogP contribution in [0.5, 0.6) is 0 Å². The molecule has 0 unspecified atom stereocenters. The molecule has 2 bridgehead atoms. The number of fused-ring (bicyclic) bond motifs is 2. The van der Waals surface area contributed by atoms with Crippen LogP contribution in [0, 0.1) is 15.5 Å². The summed E-state index contributed by atoms with van der Waals surface area (Å²) in [7, 11) is 0. The maximum atomic E-state index is 11.1. The summed E-state index contributed by atoms with van der Waals surface area (Å²) in [5, 5.41) is 14.8. The van der Waals surface area contributed by atoms with Crippen LogP contribution >= 0.6 is 11.6 Å². The van der Waals surface area contributed by atoms with Crippen molar-refractivity contribution >= 4 is 23.0 Å². The second-order valence-electron chi connectivity index (χ2n) is 5.98. The number of hydrogen-bond donors (Lipinski definition) is 1. The molecule has 5 nitrogen and oxygen atoms in total. The molecule has 3 aliphatic rings. The lowest BCUT2D eigenvalue weighted by Crippen LogP contribution is -2.47. The average molecular weight is 293 g/mol. The Morgan fingerprint density at radius 2 is 2.35 bits per heavy atom. The summed E-state index contributed by atoms with van der Waals surface area (Å²) in [5.41, 5.74) is 0.844. The van der Waals surface area contributed by atoms with Crippen LogP contribution in [0.1, 0.15) is 18.9 Å². The second-order valence-corrected chi connectivity index (χ2v) is 6.38. The van der Waals surface area contributed by atoms with Gasteiger partial charge in [0.25, 0.3) is 5.69 Å². The molecule has 0 saturated carbocycles. The summed E-state index contributed by atoms with van der Waals surface area (Å²) in [6.45, 7) is 2.90. The number of nitrogens with one attached hydrogen (secondary N) is 1. The first-order chi connectivity index (χ1) is 9.45. The van der Waals surface area contributed by atoms with Gasteiger partial charge in [0.05, 0.1) is 21.7 Å². The normalized spacial score (nSPS) is 36.4. The largest absolute Gasteiger partial charge is 0.383 e. The minimum absolute atomic E-state index is 0.00141. The van der Waals surface area contributed by atoms with Gasteiger partial charge in [-0.05, 0) is 12.5 Å². The van der Waals surface area contributed by atoms with Crippen molar-refractivity contribution in [2.45, 2.75) is 25.0 Å². The van der Waals surface area contributed by atoms with Gasteiger partial charge in [0, 0.05) is 29.7 Å². The van der Waals surface area contributed by atoms with Gasteiger partial charge in [-0.25, -0.2) is 0 Å². The highest BCUT2D eigenvalue weighted by atomic mass is 35.5. The zero-order valence-electron chi connectivity index (χ0n) is 10.9. The van der Waals surface area contributed by atoms with Gasteiger partial charge in [-0.15, -0.1) is 0 Å². The fourth-order valence-corrected chi connectivity index (χ4v) is 4.03. The van der Waals surface area contributed by atoms with Crippen molar-refractivity contribution in [2.24, 2.45) is 5.41 Å². The maximum absolute atomic E-state index is 11.1. The van der Waals surface area contributed by atoms with Gasteiger partial charge in [-0.1, -0.05) is 24.6 Å². The molecular weight excluding hydrogens is 280 g/mol. The Morgan fingerprint density at radius 3 is 3.05 bits per heavy atom. The fourth-order valence-electron chi connectivity index (χ4n) is 3.74. The van der Waals surface area contributed by atoms with Crippen molar-refractivity contribution in [3.63, 3.8) is 0 Å². The Morgan fingerprint density at radius 1 is 1.55 bits per heavy atom. The van der Waals surface area contributed by atoms with E-state index in [1.807, 2.05) is 12.2 Å². The smallest absolute Gasteiger partial charge is 0.271 e. The number of hydrogen-bond acceptors (Lipinski definition) is 4. The third-order valence-corrected chi connectivity index (χ3v) is 5.07. The third kappa shape index (κ3) is 1.27. The van der Waals surface area contributed by atoms with Crippen molar-refractivity contribution in [3.05, 3.63) is 45.0 Å². The summed E-state index contributed by atoms with van der Waals surface area (Å²) in [4.78, 5) is 10.7. The first-order valence-electron chi connectivity index (χ1n) is 6.55. The maximum Gasteiger partial charge on any atom is 0.271 e. The summed E-state index contributed by atoms with van der Waals surface area (Å²) in [6.07, 6.45) is 5.09. The van der Waals surface area contributed by atoms with Crippen molar-refractivity contribution in [1.82, 2.24) is 0 Å². The van der Waals surface area contributed by atoms with E-state index in [1.165, 1.54) is 6.07 Å². The number of ether oxygens (including phenoxy) is 1. The number of anilines is 1. The Hall–Kier alpha value is -1.59. The highest BCUT2D eigenvalue weighted by Gasteiger charge is 2.61. The van der Waals surface area contributed by atoms with E-state index >= 15 is 0 Å². The number of nitro groups is 1. The monoisotopic (exact) mass is 292 g/mol. The van der Waals surface area contributed by atoms with Gasteiger partial charge in [0.1, 0.15) is 5.60 Å². The molecule has 1 saturated heterocycles. The minimum atomic E-state index is -0.589. The molecule has 0 amide bonds. The average Bonchev–Trinajstić information content (AvgIpc) is 2.92. The summed E-state index contributed by atoms with van der Waals surface area (Å²) in [6, 6.07) is 2.97.